The summed E-state index contributed by atoms with van der Waals surface area (Å²) in [6.07, 6.45) is 3.57. The van der Waals surface area contributed by atoms with Gasteiger partial charge in [0.15, 0.2) is 0 Å². The van der Waals surface area contributed by atoms with Crippen LogP contribution in [0.25, 0.3) is 0 Å². The maximum Gasteiger partial charge on any atom is -1.00 e. The van der Waals surface area contributed by atoms with Gasteiger partial charge in [-0.2, -0.15) is 0 Å². The second kappa shape index (κ2) is 13.1. The Kier molecular flexibility index (Phi) is 12.0. The molecule has 3 aromatic rings. The van der Waals surface area contributed by atoms with Crippen molar-refractivity contribution < 1.29 is 57.7 Å². The van der Waals surface area contributed by atoms with E-state index in [1.807, 2.05) is 0 Å². The maximum atomic E-state index is 2.53. The fourth-order valence-corrected chi connectivity index (χ4v) is 13.6. The smallest absolute Gasteiger partial charge is 1.00 e. The SMILES string of the molecule is Cc1cc(C)cc([Si](C2=[C]([Ti+3])C(C(C)(C)C)=CC2)(c2cc(C)cc(C)c2)c2cc(C)cc(C)c2)c1.[Cl-].[Cl-].[Cl-]. The number of rotatable bonds is 4. The third-order valence-electron chi connectivity index (χ3n) is 7.31. The summed E-state index contributed by atoms with van der Waals surface area (Å²) in [4.78, 5) is 0. The molecule has 0 amide bonds. The number of hydrogen-bond acceptors (Lipinski definition) is 0. The van der Waals surface area contributed by atoms with Gasteiger partial charge in [-0.15, -0.1) is 0 Å². The largest absolute Gasteiger partial charge is 1.00 e. The Morgan fingerprint density at radius 3 is 1.08 bits per heavy atom. The summed E-state index contributed by atoms with van der Waals surface area (Å²) in [5, 5.41) is 6.20. The van der Waals surface area contributed by atoms with Gasteiger partial charge in [-0.25, -0.2) is 0 Å². The Morgan fingerprint density at radius 2 is 0.842 bits per heavy atom. The van der Waals surface area contributed by atoms with Crippen LogP contribution in [0.3, 0.4) is 0 Å². The summed E-state index contributed by atoms with van der Waals surface area (Å²) in [5.41, 5.74) is 9.77. The van der Waals surface area contributed by atoms with E-state index in [-0.39, 0.29) is 42.6 Å². The first-order valence-electron chi connectivity index (χ1n) is 12.7. The molecule has 0 aliphatic heterocycles. The minimum absolute atomic E-state index is 0. The molecule has 38 heavy (non-hydrogen) atoms. The van der Waals surface area contributed by atoms with Crippen molar-refractivity contribution in [3.05, 3.63) is 109 Å². The zero-order valence-electron chi connectivity index (χ0n) is 24.1. The molecule has 200 valence electrons. The molecular formula is C33H39Cl3SiTi. The van der Waals surface area contributed by atoms with Crippen LogP contribution in [0.1, 0.15) is 60.6 Å². The van der Waals surface area contributed by atoms with Crippen LogP contribution in [-0.4, -0.2) is 8.07 Å². The molecule has 0 nitrogen and oxygen atoms in total. The van der Waals surface area contributed by atoms with Crippen LogP contribution in [0.15, 0.2) is 75.3 Å². The predicted octanol–water partition coefficient (Wildman–Crippen LogP) is -2.26. The van der Waals surface area contributed by atoms with Crippen molar-refractivity contribution in [3.63, 3.8) is 0 Å². The molecule has 0 radical (unpaired) electrons. The first-order valence-corrected chi connectivity index (χ1v) is 15.5. The van der Waals surface area contributed by atoms with Crippen molar-refractivity contribution in [2.75, 3.05) is 0 Å². The van der Waals surface area contributed by atoms with Gasteiger partial charge in [0.1, 0.15) is 0 Å². The third-order valence-corrected chi connectivity index (χ3v) is 13.4. The Morgan fingerprint density at radius 1 is 0.553 bits per heavy atom. The molecule has 0 saturated carbocycles. The van der Waals surface area contributed by atoms with Crippen LogP contribution in [-0.2, 0) is 20.4 Å². The van der Waals surface area contributed by atoms with Crippen molar-refractivity contribution in [1.29, 1.82) is 0 Å². The molecule has 1 aliphatic carbocycles. The Bertz CT molecular complexity index is 1190. The summed E-state index contributed by atoms with van der Waals surface area (Å²) in [6.45, 7) is 20.6. The maximum absolute atomic E-state index is 2.54. The zero-order valence-corrected chi connectivity index (χ0v) is 28.9. The van der Waals surface area contributed by atoms with Crippen LogP contribution < -0.4 is 52.8 Å². The normalized spacial score (nSPS) is 13.4. The molecule has 0 saturated heterocycles. The van der Waals surface area contributed by atoms with Gasteiger partial charge in [0.2, 0.25) is 0 Å². The van der Waals surface area contributed by atoms with E-state index in [0.29, 0.717) is 0 Å². The summed E-state index contributed by atoms with van der Waals surface area (Å²) in [5.74, 6) is 0. The molecule has 0 heterocycles. The van der Waals surface area contributed by atoms with E-state index >= 15 is 0 Å². The summed E-state index contributed by atoms with van der Waals surface area (Å²) in [6, 6.07) is 21.9. The van der Waals surface area contributed by atoms with Crippen LogP contribution >= 0.6 is 0 Å². The van der Waals surface area contributed by atoms with Crippen LogP contribution in [0, 0.1) is 47.0 Å². The molecule has 0 bridgehead atoms. The number of hydrogen-bond donors (Lipinski definition) is 0. The summed E-state index contributed by atoms with van der Waals surface area (Å²) >= 11 is 2.40. The molecule has 0 unspecified atom stereocenters. The molecule has 0 fully saturated rings. The van der Waals surface area contributed by atoms with E-state index in [0.717, 1.165) is 6.42 Å². The van der Waals surface area contributed by atoms with Crippen molar-refractivity contribution in [3.8, 4) is 0 Å². The Balaban J connectivity index is 0.00000241. The fraction of sp³-hybridized carbons (Fsp3) is 0.333. The average Bonchev–Trinajstić information content (AvgIpc) is 3.09. The first-order chi connectivity index (χ1) is 16.3. The van der Waals surface area contributed by atoms with Gasteiger partial charge in [-0.3, -0.25) is 0 Å². The first kappa shape index (κ1) is 35.0. The molecule has 0 aromatic heterocycles. The van der Waals surface area contributed by atoms with Crippen molar-refractivity contribution in [1.82, 2.24) is 0 Å². The Hall–Kier alpha value is -1.06. The quantitative estimate of drug-likeness (QED) is 0.229. The number of aryl methyl sites for hydroxylation is 6. The average molecular weight is 618 g/mol. The van der Waals surface area contributed by atoms with E-state index in [1.165, 1.54) is 58.4 Å². The van der Waals surface area contributed by atoms with E-state index in [1.54, 1.807) is 5.20 Å². The fourth-order valence-electron chi connectivity index (χ4n) is 6.19. The third kappa shape index (κ3) is 6.63. The summed E-state index contributed by atoms with van der Waals surface area (Å²) < 4.78 is 1.52. The van der Waals surface area contributed by atoms with Crippen LogP contribution in [0.2, 0.25) is 0 Å². The number of benzene rings is 3. The van der Waals surface area contributed by atoms with Gasteiger partial charge >= 0.3 is 227 Å². The van der Waals surface area contributed by atoms with Crippen molar-refractivity contribution >= 4 is 23.6 Å². The molecular weight excluding hydrogens is 579 g/mol. The molecule has 0 spiro atoms. The van der Waals surface area contributed by atoms with Crippen LogP contribution in [0.4, 0.5) is 0 Å². The van der Waals surface area contributed by atoms with Gasteiger partial charge in [0.05, 0.1) is 0 Å². The summed E-state index contributed by atoms with van der Waals surface area (Å²) in [7, 11) is -2.54. The molecule has 0 N–H and O–H groups in total. The van der Waals surface area contributed by atoms with Gasteiger partial charge in [0, 0.05) is 0 Å². The topological polar surface area (TPSA) is 0 Å². The second-order valence-corrected chi connectivity index (χ2v) is 16.4. The van der Waals surface area contributed by atoms with Crippen LogP contribution in [0.5, 0.6) is 0 Å². The number of allylic oxidation sites excluding steroid dienone is 4. The van der Waals surface area contributed by atoms with Gasteiger partial charge < -0.3 is 37.2 Å². The number of halogens is 3. The van der Waals surface area contributed by atoms with E-state index in [9.17, 15) is 0 Å². The zero-order chi connectivity index (χ0) is 25.7. The monoisotopic (exact) mass is 616 g/mol. The standard InChI is InChI=1S/C33H39Si.3ClH.Ti/c1-22-12-23(2)16-30(15-22)34(31-17-24(3)13-25(4)18-31,32-19-26(5)14-27(6)20-32)29-11-10-28(21-29)33(7,8)9;;;;/h10,12-20H,11H2,1-9H3;3*1H;/q;;;;+3/p-3. The molecule has 1 aliphatic rings. The van der Waals surface area contributed by atoms with Gasteiger partial charge in [0.25, 0.3) is 0 Å². The molecule has 0 atom stereocenters. The van der Waals surface area contributed by atoms with Gasteiger partial charge in [-0.05, 0) is 0 Å². The molecule has 3 aromatic carbocycles. The Labute approximate surface area is 262 Å². The molecule has 5 heteroatoms. The molecule has 4 rings (SSSR count). The minimum atomic E-state index is -2.54. The second-order valence-electron chi connectivity index (χ2n) is 11.8. The minimum Gasteiger partial charge on any atom is -1.00 e. The van der Waals surface area contributed by atoms with Crippen molar-refractivity contribution in [2.45, 2.75) is 68.7 Å². The van der Waals surface area contributed by atoms with E-state index < -0.39 is 8.07 Å². The van der Waals surface area contributed by atoms with Crippen molar-refractivity contribution in [2.24, 2.45) is 5.41 Å². The predicted molar refractivity (Wildman–Crippen MR) is 152 cm³/mol. The van der Waals surface area contributed by atoms with E-state index in [4.69, 9.17) is 0 Å². The van der Waals surface area contributed by atoms with Gasteiger partial charge in [-0.1, -0.05) is 0 Å². The van der Waals surface area contributed by atoms with E-state index in [2.05, 4.69) is 143 Å².